The number of rotatable bonds is 1. The molecule has 3 aromatic carbocycles. The number of hydrogen-bond acceptors (Lipinski definition) is 6. The molecular formula is C30H27N3O3. The number of hydrogen-bond donors (Lipinski definition) is 3. The van der Waals surface area contributed by atoms with Crippen LogP contribution in [0.1, 0.15) is 18.1 Å². The second-order valence-electron chi connectivity index (χ2n) is 8.15. The van der Waals surface area contributed by atoms with Gasteiger partial charge in [0.1, 0.15) is 33.8 Å². The Morgan fingerprint density at radius 1 is 0.556 bits per heavy atom. The number of pyridine rings is 3. The highest BCUT2D eigenvalue weighted by Crippen LogP contribution is 2.25. The van der Waals surface area contributed by atoms with E-state index < -0.39 is 0 Å². The number of aromatic nitrogens is 3. The van der Waals surface area contributed by atoms with Crippen molar-refractivity contribution >= 4 is 32.7 Å². The molecule has 3 N–H and O–H groups in total. The van der Waals surface area contributed by atoms with Crippen molar-refractivity contribution in [2.75, 3.05) is 0 Å². The van der Waals surface area contributed by atoms with Crippen molar-refractivity contribution in [3.05, 3.63) is 109 Å². The lowest BCUT2D eigenvalue weighted by Crippen LogP contribution is -1.86. The number of para-hydroxylation sites is 3. The van der Waals surface area contributed by atoms with Crippen LogP contribution >= 0.6 is 0 Å². The Morgan fingerprint density at radius 2 is 1.08 bits per heavy atom. The Labute approximate surface area is 209 Å². The summed E-state index contributed by atoms with van der Waals surface area (Å²) < 4.78 is 0. The highest BCUT2D eigenvalue weighted by molar-refractivity contribution is 5.87. The molecule has 6 rings (SSSR count). The average Bonchev–Trinajstić information content (AvgIpc) is 2.91. The van der Waals surface area contributed by atoms with E-state index in [0.29, 0.717) is 16.6 Å². The van der Waals surface area contributed by atoms with Gasteiger partial charge in [0.05, 0.1) is 0 Å². The average molecular weight is 478 g/mol. The minimum Gasteiger partial charge on any atom is -0.506 e. The Hall–Kier alpha value is -4.71. The molecule has 0 aliphatic heterocycles. The zero-order chi connectivity index (χ0) is 25.5. The maximum Gasteiger partial charge on any atom is 0.141 e. The second-order valence-corrected chi connectivity index (χ2v) is 8.15. The molecule has 6 aromatic rings. The van der Waals surface area contributed by atoms with Gasteiger partial charge in [0, 0.05) is 34.7 Å². The van der Waals surface area contributed by atoms with Gasteiger partial charge in [-0.05, 0) is 60.9 Å². The smallest absolute Gasteiger partial charge is 0.141 e. The van der Waals surface area contributed by atoms with Gasteiger partial charge in [0.2, 0.25) is 0 Å². The summed E-state index contributed by atoms with van der Waals surface area (Å²) in [6, 6.07) is 24.0. The van der Waals surface area contributed by atoms with E-state index in [2.05, 4.69) is 21.9 Å². The summed E-state index contributed by atoms with van der Waals surface area (Å²) in [5, 5.41) is 31.3. The van der Waals surface area contributed by atoms with Crippen LogP contribution < -0.4 is 0 Å². The van der Waals surface area contributed by atoms with Crippen molar-refractivity contribution in [3.63, 3.8) is 0 Å². The predicted molar refractivity (Wildman–Crippen MR) is 144 cm³/mol. The predicted octanol–water partition coefficient (Wildman–Crippen LogP) is 6.69. The van der Waals surface area contributed by atoms with Gasteiger partial charge in [-0.2, -0.15) is 0 Å². The van der Waals surface area contributed by atoms with E-state index in [4.69, 9.17) is 0 Å². The van der Waals surface area contributed by atoms with Crippen molar-refractivity contribution < 1.29 is 15.3 Å². The molecule has 0 atom stereocenters. The molecule has 180 valence electrons. The van der Waals surface area contributed by atoms with Crippen molar-refractivity contribution in [2.45, 2.75) is 20.3 Å². The van der Waals surface area contributed by atoms with Crippen molar-refractivity contribution in [1.29, 1.82) is 0 Å². The highest BCUT2D eigenvalue weighted by atomic mass is 16.3. The van der Waals surface area contributed by atoms with Gasteiger partial charge in [-0.1, -0.05) is 49.4 Å². The third kappa shape index (κ3) is 5.33. The van der Waals surface area contributed by atoms with E-state index in [0.717, 1.165) is 28.1 Å². The first-order valence-corrected chi connectivity index (χ1v) is 11.6. The van der Waals surface area contributed by atoms with Crippen LogP contribution in [0, 0.1) is 6.92 Å². The summed E-state index contributed by atoms with van der Waals surface area (Å²) in [5.74, 6) is 0.743. The number of fused-ring (bicyclic) bond motifs is 3. The maximum atomic E-state index is 9.53. The van der Waals surface area contributed by atoms with Gasteiger partial charge >= 0.3 is 0 Å². The van der Waals surface area contributed by atoms with Crippen molar-refractivity contribution in [3.8, 4) is 17.2 Å². The molecular weight excluding hydrogens is 450 g/mol. The van der Waals surface area contributed by atoms with Crippen LogP contribution in [0.25, 0.3) is 32.7 Å². The van der Waals surface area contributed by atoms with E-state index in [1.54, 1.807) is 42.9 Å². The van der Waals surface area contributed by atoms with Crippen LogP contribution in [-0.2, 0) is 6.42 Å². The molecule has 0 aliphatic carbocycles. The monoisotopic (exact) mass is 477 g/mol. The van der Waals surface area contributed by atoms with E-state index in [-0.39, 0.29) is 17.2 Å². The largest absolute Gasteiger partial charge is 0.506 e. The molecule has 0 radical (unpaired) electrons. The van der Waals surface area contributed by atoms with E-state index in [1.165, 1.54) is 5.56 Å². The van der Waals surface area contributed by atoms with Crippen LogP contribution in [0.4, 0.5) is 0 Å². The van der Waals surface area contributed by atoms with Gasteiger partial charge in [-0.25, -0.2) is 0 Å². The van der Waals surface area contributed by atoms with Gasteiger partial charge in [0.15, 0.2) is 0 Å². The minimum atomic E-state index is 0.239. The minimum absolute atomic E-state index is 0.239. The summed E-state index contributed by atoms with van der Waals surface area (Å²) in [4.78, 5) is 12.3. The van der Waals surface area contributed by atoms with Crippen LogP contribution in [-0.4, -0.2) is 30.3 Å². The van der Waals surface area contributed by atoms with E-state index in [9.17, 15) is 15.3 Å². The molecule has 36 heavy (non-hydrogen) atoms. The standard InChI is InChI=1S/C11H11NO.C10H9NO.C9H7NO/c1-2-8-6-7-12-11-9(8)4-3-5-10(11)13;1-7-5-6-11-10-8(7)3-2-4-9(10)12;11-8-5-1-3-7-4-2-6-10-9(7)8/h3-7,13H,2H2,1H3;2-6,12H,1H3;1-6,11H. The van der Waals surface area contributed by atoms with Gasteiger partial charge in [-0.3, -0.25) is 15.0 Å². The SMILES string of the molecule is CCc1ccnc2c(O)cccc12.Cc1ccnc2c(O)cccc12.Oc1cccc2cccnc12. The first-order chi connectivity index (χ1) is 17.5. The molecule has 6 heteroatoms. The highest BCUT2D eigenvalue weighted by Gasteiger charge is 2.03. The van der Waals surface area contributed by atoms with Crippen LogP contribution in [0.15, 0.2) is 97.5 Å². The first kappa shape index (κ1) is 24.4. The lowest BCUT2D eigenvalue weighted by Gasteiger charge is -2.03. The quantitative estimate of drug-likeness (QED) is 0.244. The zero-order valence-corrected chi connectivity index (χ0v) is 20.1. The molecule has 0 fully saturated rings. The summed E-state index contributed by atoms with van der Waals surface area (Å²) in [7, 11) is 0. The molecule has 0 amide bonds. The molecule has 0 bridgehead atoms. The number of phenols is 3. The Morgan fingerprint density at radius 3 is 1.72 bits per heavy atom. The zero-order valence-electron chi connectivity index (χ0n) is 20.1. The Kier molecular flexibility index (Phi) is 7.56. The normalized spacial score (nSPS) is 10.4. The number of nitrogens with zero attached hydrogens (tertiary/aromatic N) is 3. The van der Waals surface area contributed by atoms with Crippen LogP contribution in [0.2, 0.25) is 0 Å². The van der Waals surface area contributed by atoms with Gasteiger partial charge < -0.3 is 15.3 Å². The maximum absolute atomic E-state index is 9.53. The topological polar surface area (TPSA) is 99.4 Å². The molecule has 0 spiro atoms. The fourth-order valence-corrected chi connectivity index (χ4v) is 3.91. The molecule has 0 aliphatic rings. The molecule has 0 unspecified atom stereocenters. The number of aryl methyl sites for hydroxylation is 2. The molecule has 3 heterocycles. The lowest BCUT2D eigenvalue weighted by molar-refractivity contribution is 0.480. The van der Waals surface area contributed by atoms with E-state index >= 15 is 0 Å². The van der Waals surface area contributed by atoms with Crippen molar-refractivity contribution in [2.24, 2.45) is 0 Å². The van der Waals surface area contributed by atoms with Crippen molar-refractivity contribution in [1.82, 2.24) is 15.0 Å². The van der Waals surface area contributed by atoms with Gasteiger partial charge in [-0.15, -0.1) is 0 Å². The Balaban J connectivity index is 0.000000127. The molecule has 0 saturated heterocycles. The molecule has 6 nitrogen and oxygen atoms in total. The van der Waals surface area contributed by atoms with E-state index in [1.807, 2.05) is 61.5 Å². The van der Waals surface area contributed by atoms with Gasteiger partial charge in [0.25, 0.3) is 0 Å². The molecule has 3 aromatic heterocycles. The number of phenolic OH excluding ortho intramolecular Hbond substituents is 3. The fraction of sp³-hybridized carbons (Fsp3) is 0.100. The summed E-state index contributed by atoms with van der Waals surface area (Å²) in [5.41, 5.74) is 4.39. The van der Waals surface area contributed by atoms with Crippen LogP contribution in [0.5, 0.6) is 17.2 Å². The molecule has 0 saturated carbocycles. The lowest BCUT2D eigenvalue weighted by atomic mass is 10.1. The number of aromatic hydroxyl groups is 3. The third-order valence-corrected chi connectivity index (χ3v) is 5.80. The summed E-state index contributed by atoms with van der Waals surface area (Å²) in [6.07, 6.45) is 6.07. The Bertz CT molecular complexity index is 1590. The first-order valence-electron chi connectivity index (χ1n) is 11.6. The summed E-state index contributed by atoms with van der Waals surface area (Å²) >= 11 is 0. The second kappa shape index (κ2) is 11.1. The summed E-state index contributed by atoms with van der Waals surface area (Å²) in [6.45, 7) is 4.10. The third-order valence-electron chi connectivity index (χ3n) is 5.80. The number of benzene rings is 3. The fourth-order valence-electron chi connectivity index (χ4n) is 3.91. The van der Waals surface area contributed by atoms with Crippen LogP contribution in [0.3, 0.4) is 0 Å².